The van der Waals surface area contributed by atoms with Crippen molar-refractivity contribution in [3.63, 3.8) is 0 Å². The predicted molar refractivity (Wildman–Crippen MR) is 109 cm³/mol. The lowest BCUT2D eigenvalue weighted by Crippen LogP contribution is -2.25. The quantitative estimate of drug-likeness (QED) is 0.586. The van der Waals surface area contributed by atoms with Crippen LogP contribution < -0.4 is 14.8 Å². The highest BCUT2D eigenvalue weighted by atomic mass is 32.1. The van der Waals surface area contributed by atoms with Gasteiger partial charge in [0.25, 0.3) is 5.91 Å². The predicted octanol–water partition coefficient (Wildman–Crippen LogP) is 3.46. The van der Waals surface area contributed by atoms with Crippen LogP contribution in [0.3, 0.4) is 0 Å². The smallest absolute Gasteiger partial charge is 0.263 e. The highest BCUT2D eigenvalue weighted by molar-refractivity contribution is 7.17. The average Bonchev–Trinajstić information content (AvgIpc) is 3.30. The van der Waals surface area contributed by atoms with Crippen molar-refractivity contribution in [2.45, 2.75) is 26.8 Å². The first-order valence-electron chi connectivity index (χ1n) is 8.99. The van der Waals surface area contributed by atoms with E-state index >= 15 is 0 Å². The number of hydrogen-bond donors (Lipinski definition) is 1. The van der Waals surface area contributed by atoms with Crippen LogP contribution in [0, 0.1) is 13.8 Å². The van der Waals surface area contributed by atoms with E-state index in [4.69, 9.17) is 9.47 Å². The third-order valence-electron chi connectivity index (χ3n) is 4.25. The van der Waals surface area contributed by atoms with Gasteiger partial charge in [0.15, 0.2) is 11.5 Å². The van der Waals surface area contributed by atoms with Crippen molar-refractivity contribution in [1.29, 1.82) is 0 Å². The van der Waals surface area contributed by atoms with Gasteiger partial charge in [0, 0.05) is 24.8 Å². The first kappa shape index (κ1) is 19.9. The number of ether oxygens (including phenoxy) is 2. The van der Waals surface area contributed by atoms with Gasteiger partial charge in [0.1, 0.15) is 9.88 Å². The standard InChI is InChI=1S/C20H24N4O3S/c1-13-11-22-24(12-13)9-5-8-21-19(25)18-14(2)23-20(28-18)15-6-7-16(26-3)17(10-15)27-4/h6-7,10-12H,5,8-9H2,1-4H3,(H,21,25). The summed E-state index contributed by atoms with van der Waals surface area (Å²) in [6, 6.07) is 5.61. The summed E-state index contributed by atoms with van der Waals surface area (Å²) in [6.07, 6.45) is 4.63. The first-order chi connectivity index (χ1) is 13.5. The molecule has 0 saturated carbocycles. The van der Waals surface area contributed by atoms with E-state index in [0.717, 1.165) is 34.8 Å². The molecule has 0 radical (unpaired) electrons. The Morgan fingerprint density at radius 1 is 1.21 bits per heavy atom. The van der Waals surface area contributed by atoms with E-state index < -0.39 is 0 Å². The van der Waals surface area contributed by atoms with Crippen LogP contribution >= 0.6 is 11.3 Å². The van der Waals surface area contributed by atoms with Gasteiger partial charge < -0.3 is 14.8 Å². The molecule has 0 aliphatic rings. The van der Waals surface area contributed by atoms with Gasteiger partial charge in [-0.2, -0.15) is 5.10 Å². The van der Waals surface area contributed by atoms with Crippen LogP contribution in [-0.2, 0) is 6.54 Å². The number of aromatic nitrogens is 3. The van der Waals surface area contributed by atoms with Crippen molar-refractivity contribution in [2.75, 3.05) is 20.8 Å². The first-order valence-corrected chi connectivity index (χ1v) is 9.80. The number of carbonyl (C=O) groups excluding carboxylic acids is 1. The molecule has 0 fully saturated rings. The number of benzene rings is 1. The summed E-state index contributed by atoms with van der Waals surface area (Å²) in [6.45, 7) is 5.21. The number of carbonyl (C=O) groups is 1. The fourth-order valence-electron chi connectivity index (χ4n) is 2.81. The second-order valence-electron chi connectivity index (χ2n) is 6.39. The lowest BCUT2D eigenvalue weighted by Gasteiger charge is -2.08. The monoisotopic (exact) mass is 400 g/mol. The van der Waals surface area contributed by atoms with E-state index in [9.17, 15) is 4.79 Å². The average molecular weight is 401 g/mol. The normalized spacial score (nSPS) is 10.7. The summed E-state index contributed by atoms with van der Waals surface area (Å²) in [4.78, 5) is 17.7. The zero-order valence-electron chi connectivity index (χ0n) is 16.5. The van der Waals surface area contributed by atoms with Crippen LogP contribution in [-0.4, -0.2) is 41.4 Å². The lowest BCUT2D eigenvalue weighted by atomic mass is 10.2. The van der Waals surface area contributed by atoms with E-state index in [1.165, 1.54) is 11.3 Å². The van der Waals surface area contributed by atoms with Gasteiger partial charge in [-0.15, -0.1) is 11.3 Å². The Balaban J connectivity index is 1.63. The SMILES string of the molecule is COc1ccc(-c2nc(C)c(C(=O)NCCCn3cc(C)cn3)s2)cc1OC. The molecule has 0 aliphatic heterocycles. The molecule has 0 unspecified atom stereocenters. The number of amides is 1. The Morgan fingerprint density at radius 3 is 2.68 bits per heavy atom. The number of nitrogens with one attached hydrogen (secondary N) is 1. The van der Waals surface area contributed by atoms with E-state index in [1.54, 1.807) is 14.2 Å². The van der Waals surface area contributed by atoms with Crippen LogP contribution in [0.25, 0.3) is 10.6 Å². The molecule has 8 heteroatoms. The molecule has 2 heterocycles. The summed E-state index contributed by atoms with van der Waals surface area (Å²) in [7, 11) is 3.19. The number of nitrogens with zero attached hydrogens (tertiary/aromatic N) is 3. The fraction of sp³-hybridized carbons (Fsp3) is 0.350. The summed E-state index contributed by atoms with van der Waals surface area (Å²) in [5.74, 6) is 1.19. The van der Waals surface area contributed by atoms with Crippen molar-refractivity contribution in [2.24, 2.45) is 0 Å². The molecule has 2 aromatic heterocycles. The molecular weight excluding hydrogens is 376 g/mol. The van der Waals surface area contributed by atoms with Gasteiger partial charge in [-0.25, -0.2) is 4.98 Å². The second kappa shape index (κ2) is 8.88. The maximum absolute atomic E-state index is 12.5. The minimum Gasteiger partial charge on any atom is -0.493 e. The summed E-state index contributed by atoms with van der Waals surface area (Å²) >= 11 is 1.37. The highest BCUT2D eigenvalue weighted by Crippen LogP contribution is 2.34. The van der Waals surface area contributed by atoms with Gasteiger partial charge in [0.05, 0.1) is 26.1 Å². The van der Waals surface area contributed by atoms with Crippen molar-refractivity contribution < 1.29 is 14.3 Å². The third-order valence-corrected chi connectivity index (χ3v) is 5.45. The molecule has 28 heavy (non-hydrogen) atoms. The number of aryl methyl sites for hydroxylation is 3. The highest BCUT2D eigenvalue weighted by Gasteiger charge is 2.17. The van der Waals surface area contributed by atoms with Crippen molar-refractivity contribution in [1.82, 2.24) is 20.1 Å². The Morgan fingerprint density at radius 2 is 2.00 bits per heavy atom. The van der Waals surface area contributed by atoms with E-state index in [0.29, 0.717) is 22.9 Å². The molecule has 3 aromatic rings. The Hall–Kier alpha value is -2.87. The topological polar surface area (TPSA) is 78.3 Å². The van der Waals surface area contributed by atoms with Crippen molar-refractivity contribution >= 4 is 17.2 Å². The fourth-order valence-corrected chi connectivity index (χ4v) is 3.79. The van der Waals surface area contributed by atoms with Gasteiger partial charge in [-0.3, -0.25) is 9.48 Å². The third kappa shape index (κ3) is 4.51. The lowest BCUT2D eigenvalue weighted by molar-refractivity contribution is 0.0956. The zero-order valence-corrected chi connectivity index (χ0v) is 17.3. The molecule has 1 N–H and O–H groups in total. The van der Waals surface area contributed by atoms with E-state index in [1.807, 2.05) is 49.1 Å². The molecule has 1 aromatic carbocycles. The molecule has 148 valence electrons. The van der Waals surface area contributed by atoms with Crippen LogP contribution in [0.4, 0.5) is 0 Å². The maximum Gasteiger partial charge on any atom is 0.263 e. The zero-order chi connectivity index (χ0) is 20.1. The van der Waals surface area contributed by atoms with Crippen LogP contribution in [0.2, 0.25) is 0 Å². The number of methoxy groups -OCH3 is 2. The summed E-state index contributed by atoms with van der Waals surface area (Å²) in [5.41, 5.74) is 2.74. The molecule has 0 atom stereocenters. The van der Waals surface area contributed by atoms with Gasteiger partial charge in [0.2, 0.25) is 0 Å². The Labute approximate surface area is 168 Å². The molecule has 0 saturated heterocycles. The van der Waals surface area contributed by atoms with Crippen molar-refractivity contribution in [3.8, 4) is 22.1 Å². The largest absolute Gasteiger partial charge is 0.493 e. The Kier molecular flexibility index (Phi) is 6.30. The molecule has 7 nitrogen and oxygen atoms in total. The van der Waals surface area contributed by atoms with Gasteiger partial charge >= 0.3 is 0 Å². The number of hydrogen-bond acceptors (Lipinski definition) is 6. The summed E-state index contributed by atoms with van der Waals surface area (Å²) < 4.78 is 12.5. The van der Waals surface area contributed by atoms with E-state index in [2.05, 4.69) is 15.4 Å². The molecule has 0 spiro atoms. The minimum absolute atomic E-state index is 0.0987. The van der Waals surface area contributed by atoms with Crippen molar-refractivity contribution in [3.05, 3.63) is 46.7 Å². The van der Waals surface area contributed by atoms with Gasteiger partial charge in [-0.1, -0.05) is 0 Å². The Bertz CT molecular complexity index is 964. The minimum atomic E-state index is -0.0987. The molecule has 0 aliphatic carbocycles. The van der Waals surface area contributed by atoms with Gasteiger partial charge in [-0.05, 0) is 44.0 Å². The van der Waals surface area contributed by atoms with Crippen LogP contribution in [0.1, 0.15) is 27.3 Å². The molecule has 1 amide bonds. The summed E-state index contributed by atoms with van der Waals surface area (Å²) in [5, 5.41) is 7.99. The number of rotatable bonds is 8. The van der Waals surface area contributed by atoms with E-state index in [-0.39, 0.29) is 5.91 Å². The molecule has 3 rings (SSSR count). The van der Waals surface area contributed by atoms with Crippen LogP contribution in [0.15, 0.2) is 30.6 Å². The van der Waals surface area contributed by atoms with Crippen LogP contribution in [0.5, 0.6) is 11.5 Å². The maximum atomic E-state index is 12.5. The second-order valence-corrected chi connectivity index (χ2v) is 7.39. The number of thiazole rings is 1. The molecule has 0 bridgehead atoms. The molecular formula is C20H24N4O3S.